The van der Waals surface area contributed by atoms with E-state index < -0.39 is 0 Å². The van der Waals surface area contributed by atoms with Crippen LogP contribution in [0.25, 0.3) is 10.8 Å². The van der Waals surface area contributed by atoms with Crippen molar-refractivity contribution in [2.45, 2.75) is 13.3 Å². The van der Waals surface area contributed by atoms with Gasteiger partial charge in [-0.15, -0.1) is 0 Å². The quantitative estimate of drug-likeness (QED) is 0.435. The fraction of sp³-hybridized carbons (Fsp3) is 0.364. The maximum absolute atomic E-state index is 14.4. The molecule has 2 amide bonds. The van der Waals surface area contributed by atoms with Crippen LogP contribution >= 0.6 is 0 Å². The van der Waals surface area contributed by atoms with Gasteiger partial charge in [-0.05, 0) is 31.0 Å². The van der Waals surface area contributed by atoms with E-state index in [4.69, 9.17) is 10.2 Å². The number of nitrogens with zero attached hydrogens (tertiary/aromatic N) is 8. The molecule has 220 valence electrons. The summed E-state index contributed by atoms with van der Waals surface area (Å²) in [6.07, 6.45) is 1.94. The second-order valence-electron chi connectivity index (χ2n) is 10.8. The van der Waals surface area contributed by atoms with Crippen molar-refractivity contribution in [2.75, 3.05) is 80.7 Å². The summed E-state index contributed by atoms with van der Waals surface area (Å²) in [4.78, 5) is 41.9. The van der Waals surface area contributed by atoms with Gasteiger partial charge in [-0.25, -0.2) is 4.98 Å². The van der Waals surface area contributed by atoms with Gasteiger partial charge in [0, 0.05) is 76.8 Å². The number of rotatable bonds is 4. The van der Waals surface area contributed by atoms with Crippen LogP contribution in [-0.4, -0.2) is 92.5 Å². The fourth-order valence-corrected chi connectivity index (χ4v) is 6.09. The first-order valence-corrected chi connectivity index (χ1v) is 14.6. The van der Waals surface area contributed by atoms with Crippen LogP contribution in [0.15, 0.2) is 55.1 Å². The molecule has 3 aliphatic rings. The van der Waals surface area contributed by atoms with Crippen molar-refractivity contribution in [1.82, 2.24) is 14.8 Å². The zero-order valence-corrected chi connectivity index (χ0v) is 24.8. The van der Waals surface area contributed by atoms with Crippen molar-refractivity contribution in [2.24, 2.45) is 0 Å². The third kappa shape index (κ3) is 5.75. The largest absolute Gasteiger partial charge is 0.353 e. The molecule has 0 bridgehead atoms. The van der Waals surface area contributed by atoms with E-state index in [0.29, 0.717) is 56.1 Å². The molecule has 1 aromatic heterocycles. The van der Waals surface area contributed by atoms with E-state index in [1.165, 1.54) is 13.0 Å². The minimum absolute atomic E-state index is 0.0755. The molecular weight excluding hydrogens is 540 g/mol. The predicted molar refractivity (Wildman–Crippen MR) is 168 cm³/mol. The van der Waals surface area contributed by atoms with Gasteiger partial charge in [0.2, 0.25) is 5.91 Å². The summed E-state index contributed by atoms with van der Waals surface area (Å²) in [5.41, 5.74) is 2.51. The van der Waals surface area contributed by atoms with Gasteiger partial charge in [0.1, 0.15) is 23.3 Å². The summed E-state index contributed by atoms with van der Waals surface area (Å²) < 4.78 is 0. The lowest BCUT2D eigenvalue weighted by molar-refractivity contribution is -0.126. The van der Waals surface area contributed by atoms with Gasteiger partial charge in [0.15, 0.2) is 0 Å². The van der Waals surface area contributed by atoms with Crippen LogP contribution in [0.5, 0.6) is 0 Å². The predicted octanol–water partition coefficient (Wildman–Crippen LogP) is 3.43. The molecule has 0 radical (unpaired) electrons. The van der Waals surface area contributed by atoms with Gasteiger partial charge in [0.25, 0.3) is 5.91 Å². The number of benzene rings is 2. The molecule has 6 rings (SSSR count). The van der Waals surface area contributed by atoms with Gasteiger partial charge in [-0.3, -0.25) is 9.59 Å². The topological polar surface area (TPSA) is 111 Å². The lowest BCUT2D eigenvalue weighted by Gasteiger charge is -2.40. The molecule has 0 N–H and O–H groups in total. The first-order chi connectivity index (χ1) is 20.9. The molecule has 10 heteroatoms. The molecule has 0 saturated carbocycles. The highest BCUT2D eigenvalue weighted by Gasteiger charge is 2.36. The minimum atomic E-state index is -0.159. The highest BCUT2D eigenvalue weighted by atomic mass is 16.2. The smallest absolute Gasteiger partial charge is 0.260 e. The number of hydrogen-bond donors (Lipinski definition) is 0. The SMILES string of the molecule is C=CC(=O)N1CCN(c2nc(N3CCN(C)CC3)c(C#N)c3c2CCN(c2cccc4ccccc24)C3=O)CC1.CC#N. The van der Waals surface area contributed by atoms with E-state index in [1.807, 2.05) is 47.4 Å². The van der Waals surface area contributed by atoms with E-state index in [9.17, 15) is 14.9 Å². The Balaban J connectivity index is 0.00000118. The Labute approximate surface area is 252 Å². The average molecular weight is 577 g/mol. The van der Waals surface area contributed by atoms with E-state index in [2.05, 4.69) is 34.4 Å². The van der Waals surface area contributed by atoms with Gasteiger partial charge >= 0.3 is 0 Å². The summed E-state index contributed by atoms with van der Waals surface area (Å²) in [7, 11) is 2.09. The van der Waals surface area contributed by atoms with Gasteiger partial charge in [-0.1, -0.05) is 43.0 Å². The Bertz CT molecular complexity index is 1620. The van der Waals surface area contributed by atoms with Crippen molar-refractivity contribution in [3.63, 3.8) is 0 Å². The number of nitriles is 2. The third-order valence-electron chi connectivity index (χ3n) is 8.34. The monoisotopic (exact) mass is 576 g/mol. The van der Waals surface area contributed by atoms with Crippen LogP contribution in [0.1, 0.15) is 28.4 Å². The Morgan fingerprint density at radius 1 is 0.907 bits per heavy atom. The molecule has 3 aromatic rings. The molecule has 3 aliphatic heterocycles. The van der Waals surface area contributed by atoms with Crippen molar-refractivity contribution in [1.29, 1.82) is 10.5 Å². The maximum atomic E-state index is 14.4. The molecule has 0 unspecified atom stereocenters. The van der Waals surface area contributed by atoms with E-state index in [1.54, 1.807) is 11.0 Å². The minimum Gasteiger partial charge on any atom is -0.353 e. The first kappa shape index (κ1) is 29.6. The lowest BCUT2D eigenvalue weighted by atomic mass is 9.93. The summed E-state index contributed by atoms with van der Waals surface area (Å²) >= 11 is 0. The summed E-state index contributed by atoms with van der Waals surface area (Å²) in [6.45, 7) is 11.1. The third-order valence-corrected chi connectivity index (χ3v) is 8.34. The van der Waals surface area contributed by atoms with E-state index in [-0.39, 0.29) is 11.8 Å². The number of anilines is 3. The van der Waals surface area contributed by atoms with Crippen LogP contribution < -0.4 is 14.7 Å². The number of carbonyl (C=O) groups excluding carboxylic acids is 2. The lowest BCUT2D eigenvalue weighted by Crippen LogP contribution is -2.50. The highest BCUT2D eigenvalue weighted by Crippen LogP contribution is 2.38. The zero-order valence-electron chi connectivity index (χ0n) is 24.8. The number of piperazine rings is 2. The second kappa shape index (κ2) is 12.9. The van der Waals surface area contributed by atoms with Gasteiger partial charge in [0.05, 0.1) is 17.3 Å². The fourth-order valence-electron chi connectivity index (χ4n) is 6.09. The number of hydrogen-bond acceptors (Lipinski definition) is 8. The van der Waals surface area contributed by atoms with Crippen LogP contribution in [0.4, 0.5) is 17.3 Å². The molecule has 2 saturated heterocycles. The number of pyridine rings is 1. The van der Waals surface area contributed by atoms with Crippen LogP contribution in [-0.2, 0) is 11.2 Å². The summed E-state index contributed by atoms with van der Waals surface area (Å²) in [6, 6.07) is 18.2. The number of fused-ring (bicyclic) bond motifs is 2. The number of aromatic nitrogens is 1. The molecule has 0 aliphatic carbocycles. The molecule has 4 heterocycles. The van der Waals surface area contributed by atoms with E-state index >= 15 is 0 Å². The molecular formula is C33H36N8O2. The molecule has 0 atom stereocenters. The van der Waals surface area contributed by atoms with Crippen LogP contribution in [0.2, 0.25) is 0 Å². The normalized spacial score (nSPS) is 17.0. The number of amides is 2. The second-order valence-corrected chi connectivity index (χ2v) is 10.8. The standard InChI is InChI=1S/C31H33N7O2.C2H3N/c1-3-27(39)35-17-19-37(20-18-35)29-24-11-12-38(26-10-6-8-22-7-4-5-9-23(22)26)31(40)28(24)25(21-32)30(33-29)36-15-13-34(2)14-16-36;1-2-3/h3-10H,1,11-20H2,2H3;1H3. The van der Waals surface area contributed by atoms with Crippen molar-refractivity contribution >= 4 is 39.9 Å². The maximum Gasteiger partial charge on any atom is 0.260 e. The van der Waals surface area contributed by atoms with Crippen molar-refractivity contribution < 1.29 is 9.59 Å². The summed E-state index contributed by atoms with van der Waals surface area (Å²) in [5, 5.41) is 19.9. The van der Waals surface area contributed by atoms with Crippen molar-refractivity contribution in [3.05, 3.63) is 71.8 Å². The summed E-state index contributed by atoms with van der Waals surface area (Å²) in [5.74, 6) is 1.11. The Kier molecular flexibility index (Phi) is 8.89. The zero-order chi connectivity index (χ0) is 30.5. The highest BCUT2D eigenvalue weighted by molar-refractivity contribution is 6.14. The number of carbonyl (C=O) groups is 2. The van der Waals surface area contributed by atoms with Crippen LogP contribution in [0, 0.1) is 22.7 Å². The Hall–Kier alpha value is -4.93. The van der Waals surface area contributed by atoms with Gasteiger partial charge < -0.3 is 24.5 Å². The molecule has 2 aromatic carbocycles. The van der Waals surface area contributed by atoms with Crippen molar-refractivity contribution in [3.8, 4) is 12.1 Å². The average Bonchev–Trinajstić information content (AvgIpc) is 3.04. The van der Waals surface area contributed by atoms with E-state index in [0.717, 1.165) is 54.0 Å². The van der Waals surface area contributed by atoms with Crippen LogP contribution in [0.3, 0.4) is 0 Å². The number of likely N-dealkylation sites (N-methyl/N-ethyl adjacent to an activating group) is 1. The molecule has 0 spiro atoms. The first-order valence-electron chi connectivity index (χ1n) is 14.6. The molecule has 43 heavy (non-hydrogen) atoms. The Morgan fingerprint density at radius 3 is 2.21 bits per heavy atom. The molecule has 10 nitrogen and oxygen atoms in total. The molecule has 2 fully saturated rings. The van der Waals surface area contributed by atoms with Gasteiger partial charge in [-0.2, -0.15) is 10.5 Å². The Morgan fingerprint density at radius 2 is 1.53 bits per heavy atom.